The van der Waals surface area contributed by atoms with Crippen molar-refractivity contribution in [1.29, 1.82) is 0 Å². The van der Waals surface area contributed by atoms with Crippen LogP contribution in [-0.4, -0.2) is 82.8 Å². The summed E-state index contributed by atoms with van der Waals surface area (Å²) in [5.74, 6) is 0.915. The van der Waals surface area contributed by atoms with Gasteiger partial charge in [0, 0.05) is 50.5 Å². The van der Waals surface area contributed by atoms with E-state index in [1.165, 1.54) is 18.4 Å². The molecule has 36 heavy (non-hydrogen) atoms. The summed E-state index contributed by atoms with van der Waals surface area (Å²) in [5.41, 5.74) is 15.1. The molecule has 2 fully saturated rings. The van der Waals surface area contributed by atoms with Gasteiger partial charge in [0.05, 0.1) is 12.3 Å². The summed E-state index contributed by atoms with van der Waals surface area (Å²) >= 11 is 6.56. The first-order valence-corrected chi connectivity index (χ1v) is 13.2. The number of hydrogen-bond acceptors (Lipinski definition) is 9. The van der Waals surface area contributed by atoms with Crippen molar-refractivity contribution < 1.29 is 5.11 Å². The van der Waals surface area contributed by atoms with Crippen LogP contribution in [0.2, 0.25) is 5.15 Å². The van der Waals surface area contributed by atoms with Crippen LogP contribution in [0.4, 0.5) is 17.3 Å². The Balaban J connectivity index is 1.35. The van der Waals surface area contributed by atoms with E-state index in [9.17, 15) is 0 Å². The Bertz CT molecular complexity index is 1030. The number of likely N-dealkylation sites (tertiary alicyclic amines) is 1. The molecule has 0 saturated carbocycles. The average Bonchev–Trinajstić information content (AvgIpc) is 2.89. The summed E-state index contributed by atoms with van der Waals surface area (Å²) in [5, 5.41) is 12.3. The fraction of sp³-hybridized carbons (Fsp3) is 0.538. The Kier molecular flexibility index (Phi) is 8.90. The number of benzene rings is 1. The molecule has 3 heterocycles. The maximum atomic E-state index is 9.03. The van der Waals surface area contributed by atoms with Gasteiger partial charge in [-0.05, 0) is 50.0 Å². The molecule has 0 spiro atoms. The molecule has 1 aromatic heterocycles. The number of halogens is 1. The second-order valence-electron chi connectivity index (χ2n) is 9.70. The summed E-state index contributed by atoms with van der Waals surface area (Å²) in [4.78, 5) is 16.5. The molecule has 9 nitrogen and oxygen atoms in total. The van der Waals surface area contributed by atoms with Crippen LogP contribution in [0.15, 0.2) is 30.8 Å². The fourth-order valence-corrected chi connectivity index (χ4v) is 5.58. The van der Waals surface area contributed by atoms with Crippen molar-refractivity contribution in [3.8, 4) is 0 Å². The topological polar surface area (TPSA) is 120 Å². The lowest BCUT2D eigenvalue weighted by molar-refractivity contribution is 0.0610. The lowest BCUT2D eigenvalue weighted by Gasteiger charge is -2.47. The second kappa shape index (κ2) is 12.1. The van der Waals surface area contributed by atoms with Gasteiger partial charge < -0.3 is 26.8 Å². The van der Waals surface area contributed by atoms with E-state index in [1.54, 1.807) is 0 Å². The third-order valence-corrected chi connectivity index (χ3v) is 7.56. The molecule has 2 aromatic rings. The van der Waals surface area contributed by atoms with Gasteiger partial charge in [-0.1, -0.05) is 37.2 Å². The van der Waals surface area contributed by atoms with Crippen LogP contribution in [-0.2, 0) is 6.54 Å². The van der Waals surface area contributed by atoms with Gasteiger partial charge >= 0.3 is 0 Å². The number of rotatable bonds is 9. The molecule has 0 bridgehead atoms. The maximum absolute atomic E-state index is 9.03. The number of nitrogens with two attached hydrogens (primary N) is 2. The maximum Gasteiger partial charge on any atom is 0.172 e. The van der Waals surface area contributed by atoms with Crippen LogP contribution in [0.1, 0.15) is 37.4 Å². The molecule has 0 unspecified atom stereocenters. The highest BCUT2D eigenvalue weighted by Gasteiger charge is 2.34. The number of nitrogen functional groups attached to an aromatic ring is 2. The van der Waals surface area contributed by atoms with Crippen molar-refractivity contribution in [3.63, 3.8) is 0 Å². The third kappa shape index (κ3) is 6.21. The van der Waals surface area contributed by atoms with Crippen molar-refractivity contribution in [2.75, 3.05) is 62.2 Å². The van der Waals surface area contributed by atoms with Gasteiger partial charge in [-0.3, -0.25) is 9.80 Å². The zero-order valence-electron chi connectivity index (χ0n) is 21.2. The molecule has 0 aliphatic carbocycles. The number of aliphatic hydroxyl groups excluding tert-OH is 1. The predicted octanol–water partition coefficient (Wildman–Crippen LogP) is 2.41. The van der Waals surface area contributed by atoms with Crippen LogP contribution < -0.4 is 21.7 Å². The van der Waals surface area contributed by atoms with E-state index in [2.05, 4.69) is 55.6 Å². The lowest BCUT2D eigenvalue weighted by Crippen LogP contribution is -2.58. The average molecular weight is 515 g/mol. The molecule has 2 saturated heterocycles. The number of aliphatic hydroxyl groups is 1. The van der Waals surface area contributed by atoms with Crippen LogP contribution >= 0.6 is 11.6 Å². The quantitative estimate of drug-likeness (QED) is 0.374. The lowest BCUT2D eigenvalue weighted by atomic mass is 9.98. The Morgan fingerprint density at radius 3 is 2.53 bits per heavy atom. The Hall–Kier alpha value is -2.59. The molecule has 0 radical (unpaired) electrons. The Morgan fingerprint density at radius 1 is 1.14 bits per heavy atom. The minimum absolute atomic E-state index is 0.0114. The largest absolute Gasteiger partial charge is 0.399 e. The number of piperazine rings is 1. The summed E-state index contributed by atoms with van der Waals surface area (Å²) < 4.78 is 0. The van der Waals surface area contributed by atoms with Crippen molar-refractivity contribution >= 4 is 34.6 Å². The molecule has 0 amide bonds. The summed E-state index contributed by atoms with van der Waals surface area (Å²) in [6.07, 6.45) is 3.41. The van der Waals surface area contributed by atoms with Gasteiger partial charge in [-0.25, -0.2) is 9.97 Å². The molecule has 1 aromatic carbocycles. The van der Waals surface area contributed by atoms with E-state index >= 15 is 0 Å². The summed E-state index contributed by atoms with van der Waals surface area (Å²) in [6.45, 7) is 12.4. The SMILES string of the molecule is C=C(NCCO)c1nc(Cl)c(N2CCN(C3CCN(Cc4ccc(N)cc4)CC3)[C@@H](CC)C2)nc1N. The molecule has 10 heteroatoms. The van der Waals surface area contributed by atoms with E-state index in [0.29, 0.717) is 41.0 Å². The van der Waals surface area contributed by atoms with Gasteiger partial charge in [0.25, 0.3) is 0 Å². The monoisotopic (exact) mass is 514 g/mol. The summed E-state index contributed by atoms with van der Waals surface area (Å²) in [6, 6.07) is 9.23. The van der Waals surface area contributed by atoms with Gasteiger partial charge in [0.15, 0.2) is 16.8 Å². The van der Waals surface area contributed by atoms with Crippen LogP contribution in [0.5, 0.6) is 0 Å². The minimum atomic E-state index is -0.0114. The number of nitrogens with zero attached hydrogens (tertiary/aromatic N) is 5. The first kappa shape index (κ1) is 26.5. The Morgan fingerprint density at radius 2 is 1.86 bits per heavy atom. The zero-order chi connectivity index (χ0) is 25.7. The van der Waals surface area contributed by atoms with Crippen molar-refractivity contribution in [3.05, 3.63) is 47.3 Å². The third-order valence-electron chi connectivity index (χ3n) is 7.31. The van der Waals surface area contributed by atoms with Crippen molar-refractivity contribution in [2.45, 2.75) is 44.8 Å². The van der Waals surface area contributed by atoms with E-state index < -0.39 is 0 Å². The molecule has 196 valence electrons. The molecular formula is C26H39ClN8O. The van der Waals surface area contributed by atoms with Crippen LogP contribution in [0, 0.1) is 0 Å². The first-order chi connectivity index (χ1) is 17.4. The standard InChI is InChI=1S/C26H39ClN8O/c1-3-21-17-34(26-24(27)31-23(25(29)32-26)18(2)30-10-15-36)13-14-35(21)22-8-11-33(12-9-22)16-19-4-6-20(28)7-5-19/h4-7,21-22,30,36H,2-3,8-17,28H2,1H3,(H2,29,32)/t21-/m0/s1. The van der Waals surface area contributed by atoms with E-state index in [0.717, 1.165) is 51.4 Å². The van der Waals surface area contributed by atoms with Gasteiger partial charge in [-0.2, -0.15) is 0 Å². The first-order valence-electron chi connectivity index (χ1n) is 12.8. The van der Waals surface area contributed by atoms with E-state index in [4.69, 9.17) is 28.2 Å². The molecule has 6 N–H and O–H groups in total. The highest BCUT2D eigenvalue weighted by molar-refractivity contribution is 6.31. The van der Waals surface area contributed by atoms with E-state index in [1.807, 2.05) is 12.1 Å². The van der Waals surface area contributed by atoms with Gasteiger partial charge in [-0.15, -0.1) is 0 Å². The number of hydrogen-bond donors (Lipinski definition) is 4. The normalized spacial score (nSPS) is 20.0. The minimum Gasteiger partial charge on any atom is -0.399 e. The zero-order valence-corrected chi connectivity index (χ0v) is 21.9. The van der Waals surface area contributed by atoms with Crippen molar-refractivity contribution in [2.24, 2.45) is 0 Å². The van der Waals surface area contributed by atoms with Crippen LogP contribution in [0.3, 0.4) is 0 Å². The van der Waals surface area contributed by atoms with Gasteiger partial charge in [0.2, 0.25) is 0 Å². The summed E-state index contributed by atoms with van der Waals surface area (Å²) in [7, 11) is 0. The van der Waals surface area contributed by atoms with Crippen molar-refractivity contribution in [1.82, 2.24) is 25.1 Å². The van der Waals surface area contributed by atoms with Crippen LogP contribution in [0.25, 0.3) is 5.70 Å². The molecule has 4 rings (SSSR count). The van der Waals surface area contributed by atoms with Gasteiger partial charge in [0.1, 0.15) is 5.69 Å². The number of anilines is 3. The fourth-order valence-electron chi connectivity index (χ4n) is 5.33. The number of aromatic nitrogens is 2. The Labute approximate surface area is 219 Å². The highest BCUT2D eigenvalue weighted by atomic mass is 35.5. The molecule has 1 atom stereocenters. The molecule has 2 aliphatic rings. The molecule has 2 aliphatic heterocycles. The number of piperidine rings is 1. The highest BCUT2D eigenvalue weighted by Crippen LogP contribution is 2.30. The molecular weight excluding hydrogens is 476 g/mol. The predicted molar refractivity (Wildman–Crippen MR) is 148 cm³/mol. The number of nitrogens with one attached hydrogen (secondary N) is 1. The second-order valence-corrected chi connectivity index (χ2v) is 10.1. The smallest absolute Gasteiger partial charge is 0.172 e. The van der Waals surface area contributed by atoms with E-state index in [-0.39, 0.29) is 12.4 Å².